The molecule has 26 heavy (non-hydrogen) atoms. The number of likely N-dealkylation sites (N-methyl/N-ethyl adjacent to an activating group) is 1. The van der Waals surface area contributed by atoms with E-state index in [4.69, 9.17) is 0 Å². The molecule has 0 radical (unpaired) electrons. The van der Waals surface area contributed by atoms with Crippen LogP contribution in [0.3, 0.4) is 0 Å². The molecule has 0 N–H and O–H groups in total. The number of piperazine rings is 1. The van der Waals surface area contributed by atoms with Gasteiger partial charge in [0.1, 0.15) is 5.52 Å². The molecular formula is C14H12F5N7. The SMILES string of the molecule is CN1CCN(c2nc3c(F)c(F)c(C(F)(F)F)cc3c3nnnn23)CC1. The van der Waals surface area contributed by atoms with Crippen LogP contribution in [0.4, 0.5) is 27.9 Å². The highest BCUT2D eigenvalue weighted by molar-refractivity contribution is 5.93. The number of nitrogens with zero attached hydrogens (tertiary/aromatic N) is 7. The number of benzene rings is 1. The van der Waals surface area contributed by atoms with Crippen LogP contribution >= 0.6 is 0 Å². The minimum absolute atomic E-state index is 0.117. The molecule has 4 rings (SSSR count). The topological polar surface area (TPSA) is 62.5 Å². The van der Waals surface area contributed by atoms with Gasteiger partial charge in [-0.05, 0) is 23.5 Å². The van der Waals surface area contributed by atoms with Gasteiger partial charge in [-0.25, -0.2) is 13.8 Å². The van der Waals surface area contributed by atoms with Gasteiger partial charge in [-0.3, -0.25) is 0 Å². The predicted octanol–water partition coefficient (Wildman–Crippen LogP) is 1.72. The summed E-state index contributed by atoms with van der Waals surface area (Å²) in [6, 6.07) is 0.486. The molecule has 0 aliphatic carbocycles. The van der Waals surface area contributed by atoms with Crippen molar-refractivity contribution in [3.05, 3.63) is 23.3 Å². The summed E-state index contributed by atoms with van der Waals surface area (Å²) in [6.07, 6.45) is -5.06. The van der Waals surface area contributed by atoms with Gasteiger partial charge in [-0.15, -0.1) is 5.10 Å². The van der Waals surface area contributed by atoms with Gasteiger partial charge in [-0.2, -0.15) is 17.7 Å². The minimum Gasteiger partial charge on any atom is -0.338 e. The molecule has 138 valence electrons. The zero-order chi connectivity index (χ0) is 18.6. The molecule has 0 saturated carbocycles. The summed E-state index contributed by atoms with van der Waals surface area (Å²) >= 11 is 0. The molecule has 3 aromatic rings. The first-order valence-corrected chi connectivity index (χ1v) is 7.68. The Bertz CT molecular complexity index is 991. The molecular weight excluding hydrogens is 361 g/mol. The van der Waals surface area contributed by atoms with E-state index in [0.29, 0.717) is 32.2 Å². The van der Waals surface area contributed by atoms with Crippen molar-refractivity contribution in [2.75, 3.05) is 38.1 Å². The average Bonchev–Trinajstić information content (AvgIpc) is 3.07. The maximum absolute atomic E-state index is 14.4. The number of alkyl halides is 3. The first-order chi connectivity index (χ1) is 12.3. The van der Waals surface area contributed by atoms with Crippen molar-refractivity contribution in [2.45, 2.75) is 6.18 Å². The van der Waals surface area contributed by atoms with E-state index in [1.807, 2.05) is 7.05 Å². The molecule has 1 aliphatic heterocycles. The van der Waals surface area contributed by atoms with Crippen molar-refractivity contribution in [1.82, 2.24) is 29.9 Å². The zero-order valence-electron chi connectivity index (χ0n) is 13.4. The molecule has 7 nitrogen and oxygen atoms in total. The third kappa shape index (κ3) is 2.52. The Morgan fingerprint density at radius 3 is 2.38 bits per heavy atom. The number of anilines is 1. The fourth-order valence-corrected chi connectivity index (χ4v) is 2.95. The Labute approximate surface area is 143 Å². The summed E-state index contributed by atoms with van der Waals surface area (Å²) in [4.78, 5) is 7.90. The number of halogens is 5. The molecule has 0 spiro atoms. The average molecular weight is 373 g/mol. The van der Waals surface area contributed by atoms with E-state index in [9.17, 15) is 22.0 Å². The molecule has 0 unspecified atom stereocenters. The number of aromatic nitrogens is 5. The lowest BCUT2D eigenvalue weighted by molar-refractivity contribution is -0.140. The summed E-state index contributed by atoms with van der Waals surface area (Å²) in [5.74, 6) is -3.50. The molecule has 1 saturated heterocycles. The van der Waals surface area contributed by atoms with Gasteiger partial charge in [0.05, 0.1) is 10.9 Å². The normalized spacial score (nSPS) is 16.8. The Kier molecular flexibility index (Phi) is 3.68. The van der Waals surface area contributed by atoms with Gasteiger partial charge in [0.15, 0.2) is 17.3 Å². The maximum Gasteiger partial charge on any atom is 0.419 e. The van der Waals surface area contributed by atoms with E-state index in [0.717, 1.165) is 4.52 Å². The van der Waals surface area contributed by atoms with Crippen molar-refractivity contribution in [3.63, 3.8) is 0 Å². The highest BCUT2D eigenvalue weighted by Crippen LogP contribution is 2.36. The molecule has 0 amide bonds. The Hall–Kier alpha value is -2.63. The van der Waals surface area contributed by atoms with Crippen molar-refractivity contribution in [1.29, 1.82) is 0 Å². The summed E-state index contributed by atoms with van der Waals surface area (Å²) in [5, 5.41) is 10.6. The van der Waals surface area contributed by atoms with Crippen LogP contribution in [0, 0.1) is 11.6 Å². The van der Waals surface area contributed by atoms with Crippen LogP contribution in [0.15, 0.2) is 6.07 Å². The number of fused-ring (bicyclic) bond motifs is 3. The second-order valence-corrected chi connectivity index (χ2v) is 6.06. The summed E-state index contributed by atoms with van der Waals surface area (Å²) in [5.41, 5.74) is -2.37. The van der Waals surface area contributed by atoms with Crippen molar-refractivity contribution in [3.8, 4) is 0 Å². The van der Waals surface area contributed by atoms with Crippen molar-refractivity contribution >= 4 is 22.5 Å². The van der Waals surface area contributed by atoms with Crippen LogP contribution in [-0.4, -0.2) is 63.2 Å². The smallest absolute Gasteiger partial charge is 0.338 e. The highest BCUT2D eigenvalue weighted by atomic mass is 19.4. The highest BCUT2D eigenvalue weighted by Gasteiger charge is 2.37. The monoisotopic (exact) mass is 373 g/mol. The third-order valence-corrected chi connectivity index (χ3v) is 4.38. The lowest BCUT2D eigenvalue weighted by Gasteiger charge is -2.32. The van der Waals surface area contributed by atoms with E-state index < -0.39 is 28.9 Å². The Morgan fingerprint density at radius 1 is 1.04 bits per heavy atom. The molecule has 0 bridgehead atoms. The van der Waals surface area contributed by atoms with Gasteiger partial charge < -0.3 is 9.80 Å². The van der Waals surface area contributed by atoms with Gasteiger partial charge in [-0.1, -0.05) is 0 Å². The van der Waals surface area contributed by atoms with Gasteiger partial charge in [0.25, 0.3) is 0 Å². The van der Waals surface area contributed by atoms with Crippen LogP contribution in [-0.2, 0) is 6.18 Å². The van der Waals surface area contributed by atoms with Gasteiger partial charge in [0.2, 0.25) is 5.95 Å². The fraction of sp³-hybridized carbons (Fsp3) is 0.429. The molecule has 1 fully saturated rings. The standard InChI is InChI=1S/C14H12F5N7/c1-24-2-4-25(5-3-24)13-20-11-7(12-21-22-23-26(12)13)6-8(14(17,18)19)9(15)10(11)16/h6H,2-5H2,1H3. The number of tetrazole rings is 1. The van der Waals surface area contributed by atoms with E-state index in [-0.39, 0.29) is 17.0 Å². The molecule has 1 aromatic carbocycles. The fourth-order valence-electron chi connectivity index (χ4n) is 2.95. The molecule has 1 aliphatic rings. The summed E-state index contributed by atoms with van der Waals surface area (Å²) in [6.45, 7) is 2.48. The van der Waals surface area contributed by atoms with Crippen LogP contribution in [0.2, 0.25) is 0 Å². The quantitative estimate of drug-likeness (QED) is 0.606. The van der Waals surface area contributed by atoms with Crippen LogP contribution in [0.25, 0.3) is 16.6 Å². The van der Waals surface area contributed by atoms with Crippen LogP contribution < -0.4 is 4.90 Å². The Balaban J connectivity index is 1.99. The van der Waals surface area contributed by atoms with Crippen molar-refractivity contribution in [2.24, 2.45) is 0 Å². The summed E-state index contributed by atoms with van der Waals surface area (Å²) < 4.78 is 68.5. The molecule has 2 aromatic heterocycles. The van der Waals surface area contributed by atoms with Crippen LogP contribution in [0.5, 0.6) is 0 Å². The van der Waals surface area contributed by atoms with Gasteiger partial charge >= 0.3 is 6.18 Å². The summed E-state index contributed by atoms with van der Waals surface area (Å²) in [7, 11) is 1.94. The largest absolute Gasteiger partial charge is 0.419 e. The minimum atomic E-state index is -5.06. The first-order valence-electron chi connectivity index (χ1n) is 7.68. The van der Waals surface area contributed by atoms with Gasteiger partial charge in [0, 0.05) is 26.2 Å². The van der Waals surface area contributed by atoms with Crippen molar-refractivity contribution < 1.29 is 22.0 Å². The number of hydrogen-bond acceptors (Lipinski definition) is 6. The lowest BCUT2D eigenvalue weighted by atomic mass is 10.1. The molecule has 12 heteroatoms. The zero-order valence-corrected chi connectivity index (χ0v) is 13.4. The first kappa shape index (κ1) is 16.8. The predicted molar refractivity (Wildman–Crippen MR) is 80.7 cm³/mol. The van der Waals surface area contributed by atoms with E-state index >= 15 is 0 Å². The second-order valence-electron chi connectivity index (χ2n) is 6.06. The van der Waals surface area contributed by atoms with E-state index in [1.54, 1.807) is 4.90 Å². The molecule has 3 heterocycles. The Morgan fingerprint density at radius 2 is 1.73 bits per heavy atom. The molecule has 0 atom stereocenters. The van der Waals surface area contributed by atoms with Crippen LogP contribution in [0.1, 0.15) is 5.56 Å². The maximum atomic E-state index is 14.4. The van der Waals surface area contributed by atoms with E-state index in [2.05, 4.69) is 25.4 Å². The number of hydrogen-bond donors (Lipinski definition) is 0. The third-order valence-electron chi connectivity index (χ3n) is 4.38. The second kappa shape index (κ2) is 5.69. The number of rotatable bonds is 1. The lowest BCUT2D eigenvalue weighted by Crippen LogP contribution is -2.45. The van der Waals surface area contributed by atoms with E-state index in [1.165, 1.54) is 0 Å².